The fraction of sp³-hybridized carbons (Fsp3) is 0.968. The molecule has 0 aliphatic rings. The van der Waals surface area contributed by atoms with Gasteiger partial charge in [-0.15, -0.1) is 0 Å². The van der Waals surface area contributed by atoms with Crippen molar-refractivity contribution in [3.8, 4) is 0 Å². The van der Waals surface area contributed by atoms with E-state index in [2.05, 4.69) is 6.92 Å². The molecule has 0 bridgehead atoms. The molecule has 240 valence electrons. The maximum atomic E-state index is 12.2. The van der Waals surface area contributed by atoms with Crippen molar-refractivity contribution in [2.24, 2.45) is 0 Å². The van der Waals surface area contributed by atoms with Crippen LogP contribution in [-0.4, -0.2) is 75.6 Å². The van der Waals surface area contributed by atoms with E-state index in [1.807, 2.05) is 28.1 Å². The highest BCUT2D eigenvalue weighted by molar-refractivity contribution is 7.47. The number of rotatable bonds is 30. The Balaban J connectivity index is 3.85. The lowest BCUT2D eigenvalue weighted by molar-refractivity contribution is -0.870. The van der Waals surface area contributed by atoms with Gasteiger partial charge in [-0.1, -0.05) is 110 Å². The molecule has 8 nitrogen and oxygen atoms in total. The Kier molecular flexibility index (Phi) is 25.8. The summed E-state index contributed by atoms with van der Waals surface area (Å²) in [6, 6.07) is 0. The highest BCUT2D eigenvalue weighted by Crippen LogP contribution is 2.43. The average molecular weight is 595 g/mol. The predicted molar refractivity (Wildman–Crippen MR) is 164 cm³/mol. The molecular formula is C31H65NO7P+. The molecule has 0 aliphatic carbocycles. The predicted octanol–water partition coefficient (Wildman–Crippen LogP) is 8.21. The molecule has 0 fully saturated rings. The third-order valence-corrected chi connectivity index (χ3v) is 7.90. The van der Waals surface area contributed by atoms with Crippen LogP contribution in [0.5, 0.6) is 0 Å². The molecule has 0 amide bonds. The maximum absolute atomic E-state index is 12.2. The molecule has 9 heteroatoms. The van der Waals surface area contributed by atoms with Gasteiger partial charge in [-0.3, -0.25) is 13.8 Å². The standard InChI is InChI=1S/C31H64NO7P/c1-6-8-9-10-11-12-13-14-15-16-17-18-19-20-21-22-26-36-27-24-30(39-31(33)23-7-2)29-38-40(34,35)37-28-25-32(3,4)5/h30H,6-29H2,1-5H3/p+1. The van der Waals surface area contributed by atoms with E-state index in [1.165, 1.54) is 89.9 Å². The SMILES string of the molecule is CCCCCCCCCCCCCCCCCCOCCC(COP(=O)(O)OCC[N+](C)(C)C)OC(=O)CCC. The summed E-state index contributed by atoms with van der Waals surface area (Å²) < 4.78 is 34.2. The number of likely N-dealkylation sites (N-methyl/N-ethyl adjacent to an activating group) is 1. The number of nitrogens with zero attached hydrogens (tertiary/aromatic N) is 1. The molecule has 0 radical (unpaired) electrons. The fourth-order valence-electron chi connectivity index (χ4n) is 4.34. The molecule has 0 saturated carbocycles. The number of hydrogen-bond acceptors (Lipinski definition) is 6. The number of ether oxygens (including phenoxy) is 2. The first-order valence-electron chi connectivity index (χ1n) is 16.3. The third kappa shape index (κ3) is 29.0. The molecule has 0 aromatic rings. The van der Waals surface area contributed by atoms with Crippen molar-refractivity contribution in [2.45, 2.75) is 142 Å². The van der Waals surface area contributed by atoms with Gasteiger partial charge in [0.1, 0.15) is 19.3 Å². The molecule has 0 aromatic heterocycles. The molecule has 2 unspecified atom stereocenters. The second-order valence-corrected chi connectivity index (χ2v) is 13.6. The molecule has 0 aliphatic heterocycles. The van der Waals surface area contributed by atoms with E-state index in [4.69, 9.17) is 18.5 Å². The normalized spacial score (nSPS) is 14.2. The van der Waals surface area contributed by atoms with Gasteiger partial charge in [-0.2, -0.15) is 0 Å². The van der Waals surface area contributed by atoms with Crippen molar-refractivity contribution in [1.29, 1.82) is 0 Å². The van der Waals surface area contributed by atoms with Crippen molar-refractivity contribution < 1.29 is 37.3 Å². The topological polar surface area (TPSA) is 91.3 Å². The molecule has 1 N–H and O–H groups in total. The van der Waals surface area contributed by atoms with E-state index in [1.54, 1.807) is 0 Å². The summed E-state index contributed by atoms with van der Waals surface area (Å²) in [4.78, 5) is 21.9. The van der Waals surface area contributed by atoms with Gasteiger partial charge < -0.3 is 18.9 Å². The van der Waals surface area contributed by atoms with Gasteiger partial charge in [0.25, 0.3) is 0 Å². The Labute approximate surface area is 247 Å². The Hall–Kier alpha value is -0.500. The van der Waals surface area contributed by atoms with Crippen molar-refractivity contribution in [1.82, 2.24) is 0 Å². The van der Waals surface area contributed by atoms with Crippen molar-refractivity contribution in [3.63, 3.8) is 0 Å². The number of carbonyl (C=O) groups excluding carboxylic acids is 1. The van der Waals surface area contributed by atoms with Crippen LogP contribution in [-0.2, 0) is 27.9 Å². The smallest absolute Gasteiger partial charge is 0.460 e. The van der Waals surface area contributed by atoms with Crippen molar-refractivity contribution in [2.75, 3.05) is 54.1 Å². The number of hydrogen-bond donors (Lipinski definition) is 1. The number of carbonyl (C=O) groups is 1. The number of quaternary nitrogens is 1. The van der Waals surface area contributed by atoms with E-state index in [0.717, 1.165) is 12.8 Å². The Morgan fingerprint density at radius 2 is 1.20 bits per heavy atom. The third-order valence-electron chi connectivity index (χ3n) is 6.92. The molecule has 0 aromatic carbocycles. The van der Waals surface area contributed by atoms with Gasteiger partial charge in [0.2, 0.25) is 0 Å². The fourth-order valence-corrected chi connectivity index (χ4v) is 5.08. The second-order valence-electron chi connectivity index (χ2n) is 12.2. The molecule has 40 heavy (non-hydrogen) atoms. The summed E-state index contributed by atoms with van der Waals surface area (Å²) in [6.45, 7) is 5.71. The monoisotopic (exact) mass is 594 g/mol. The summed E-state index contributed by atoms with van der Waals surface area (Å²) in [7, 11) is 1.69. The van der Waals surface area contributed by atoms with Gasteiger partial charge in [-0.25, -0.2) is 4.57 Å². The number of unbranched alkanes of at least 4 members (excludes halogenated alkanes) is 15. The molecule has 0 saturated heterocycles. The first-order chi connectivity index (χ1) is 19.1. The number of phosphoric ester groups is 1. The Bertz CT molecular complexity index is 627. The molecular weight excluding hydrogens is 529 g/mol. The minimum atomic E-state index is -4.21. The molecule has 0 heterocycles. The van der Waals surface area contributed by atoms with E-state index in [9.17, 15) is 14.3 Å². The van der Waals surface area contributed by atoms with Crippen LogP contribution in [0, 0.1) is 0 Å². The largest absolute Gasteiger partial charge is 0.472 e. The van der Waals surface area contributed by atoms with E-state index < -0.39 is 13.9 Å². The summed E-state index contributed by atoms with van der Waals surface area (Å²) >= 11 is 0. The summed E-state index contributed by atoms with van der Waals surface area (Å²) in [6.07, 6.45) is 22.1. The summed E-state index contributed by atoms with van der Waals surface area (Å²) in [5, 5.41) is 0. The lowest BCUT2D eigenvalue weighted by Crippen LogP contribution is -2.37. The minimum absolute atomic E-state index is 0.0972. The highest BCUT2D eigenvalue weighted by atomic mass is 31.2. The van der Waals surface area contributed by atoms with Crippen LogP contribution in [0.4, 0.5) is 0 Å². The van der Waals surface area contributed by atoms with E-state index in [-0.39, 0.29) is 19.2 Å². The average Bonchev–Trinajstić information content (AvgIpc) is 2.87. The number of phosphoric acid groups is 1. The van der Waals surface area contributed by atoms with Gasteiger partial charge >= 0.3 is 13.8 Å². The molecule has 2 atom stereocenters. The van der Waals surface area contributed by atoms with Crippen molar-refractivity contribution >= 4 is 13.8 Å². The lowest BCUT2D eigenvalue weighted by Gasteiger charge is -2.24. The van der Waals surface area contributed by atoms with Gasteiger partial charge in [0.15, 0.2) is 0 Å². The van der Waals surface area contributed by atoms with Crippen LogP contribution in [0.3, 0.4) is 0 Å². The zero-order valence-electron chi connectivity index (χ0n) is 26.8. The highest BCUT2D eigenvalue weighted by Gasteiger charge is 2.26. The van der Waals surface area contributed by atoms with E-state index >= 15 is 0 Å². The van der Waals surface area contributed by atoms with Crippen molar-refractivity contribution in [3.05, 3.63) is 0 Å². The second kappa shape index (κ2) is 26.2. The maximum Gasteiger partial charge on any atom is 0.472 e. The van der Waals surface area contributed by atoms with Gasteiger partial charge in [0.05, 0.1) is 34.4 Å². The van der Waals surface area contributed by atoms with Crippen LogP contribution in [0.15, 0.2) is 0 Å². The molecule has 0 rings (SSSR count). The molecule has 0 spiro atoms. The zero-order chi connectivity index (χ0) is 30.0. The van der Waals surface area contributed by atoms with Gasteiger partial charge in [0, 0.05) is 19.4 Å². The summed E-state index contributed by atoms with van der Waals surface area (Å²) in [5.41, 5.74) is 0. The van der Waals surface area contributed by atoms with E-state index in [0.29, 0.717) is 43.5 Å². The number of esters is 1. The van der Waals surface area contributed by atoms with Crippen LogP contribution in [0.2, 0.25) is 0 Å². The Morgan fingerprint density at radius 3 is 1.68 bits per heavy atom. The van der Waals surface area contributed by atoms with Crippen LogP contribution in [0.1, 0.15) is 136 Å². The van der Waals surface area contributed by atoms with Crippen LogP contribution >= 0.6 is 7.82 Å². The summed E-state index contributed by atoms with van der Waals surface area (Å²) in [5.74, 6) is -0.340. The first-order valence-corrected chi connectivity index (χ1v) is 17.8. The van der Waals surface area contributed by atoms with Gasteiger partial charge in [-0.05, 0) is 12.8 Å². The lowest BCUT2D eigenvalue weighted by atomic mass is 10.0. The van der Waals surface area contributed by atoms with Crippen LogP contribution < -0.4 is 0 Å². The quantitative estimate of drug-likeness (QED) is 0.0388. The zero-order valence-corrected chi connectivity index (χ0v) is 27.7. The Morgan fingerprint density at radius 1 is 0.700 bits per heavy atom. The minimum Gasteiger partial charge on any atom is -0.460 e. The van der Waals surface area contributed by atoms with Crippen LogP contribution in [0.25, 0.3) is 0 Å². The first kappa shape index (κ1) is 39.5.